The molecule has 1 fully saturated rings. The Morgan fingerprint density at radius 1 is 1.48 bits per heavy atom. The summed E-state index contributed by atoms with van der Waals surface area (Å²) in [6, 6.07) is 6.00. The van der Waals surface area contributed by atoms with Gasteiger partial charge in [-0.25, -0.2) is 4.39 Å². The van der Waals surface area contributed by atoms with Crippen molar-refractivity contribution in [3.63, 3.8) is 0 Å². The zero-order valence-electron chi connectivity index (χ0n) is 12.7. The van der Waals surface area contributed by atoms with E-state index in [4.69, 9.17) is 9.47 Å². The normalized spacial score (nSPS) is 18.0. The first kappa shape index (κ1) is 15.4. The number of halogens is 1. The summed E-state index contributed by atoms with van der Waals surface area (Å²) in [7, 11) is 1.82. The number of rotatable bonds is 4. The Hall–Kier alpha value is -2.48. The number of morpholine rings is 1. The Morgan fingerprint density at radius 3 is 3.04 bits per heavy atom. The maximum atomic E-state index is 13.5. The Morgan fingerprint density at radius 2 is 2.30 bits per heavy atom. The number of nitrogens with zero attached hydrogens (tertiary/aromatic N) is 4. The third kappa shape index (κ3) is 3.48. The van der Waals surface area contributed by atoms with E-state index in [1.54, 1.807) is 27.9 Å². The van der Waals surface area contributed by atoms with Gasteiger partial charge in [-0.05, 0) is 12.1 Å². The van der Waals surface area contributed by atoms with Crippen LogP contribution in [0, 0.1) is 5.82 Å². The fourth-order valence-electron chi connectivity index (χ4n) is 2.41. The highest BCUT2D eigenvalue weighted by atomic mass is 19.1. The minimum Gasteiger partial charge on any atom is -0.481 e. The number of benzene rings is 1. The van der Waals surface area contributed by atoms with Gasteiger partial charge < -0.3 is 18.9 Å². The molecule has 1 aliphatic heterocycles. The average Bonchev–Trinajstić information content (AvgIpc) is 3.00. The summed E-state index contributed by atoms with van der Waals surface area (Å²) in [6.45, 7) is 1.02. The Kier molecular flexibility index (Phi) is 4.52. The van der Waals surface area contributed by atoms with E-state index in [0.29, 0.717) is 25.5 Å². The van der Waals surface area contributed by atoms with Crippen LogP contribution in [0.4, 0.5) is 4.39 Å². The number of carbonyl (C=O) groups is 1. The first-order valence-corrected chi connectivity index (χ1v) is 7.25. The lowest BCUT2D eigenvalue weighted by Crippen LogP contribution is -2.44. The zero-order chi connectivity index (χ0) is 16.2. The first-order chi connectivity index (χ1) is 11.1. The highest BCUT2D eigenvalue weighted by Gasteiger charge is 2.28. The molecule has 0 saturated carbocycles. The standard InChI is InChI=1S/C15H17FN4O3/c1-19-10-17-18-15(19)13-8-20(6-7-22-13)14(21)9-23-12-5-3-2-4-11(12)16/h2-5,10,13H,6-9H2,1H3/t13-/m0/s1. The second kappa shape index (κ2) is 6.74. The molecule has 0 bridgehead atoms. The minimum atomic E-state index is -0.487. The fraction of sp³-hybridized carbons (Fsp3) is 0.400. The summed E-state index contributed by atoms with van der Waals surface area (Å²) in [5.74, 6) is 0.0273. The van der Waals surface area contributed by atoms with Gasteiger partial charge in [0.15, 0.2) is 24.0 Å². The van der Waals surface area contributed by atoms with E-state index >= 15 is 0 Å². The molecule has 1 atom stereocenters. The lowest BCUT2D eigenvalue weighted by molar-refractivity contribution is -0.141. The van der Waals surface area contributed by atoms with E-state index < -0.39 is 5.82 Å². The third-order valence-corrected chi connectivity index (χ3v) is 3.64. The Bertz CT molecular complexity index is 691. The predicted octanol–water partition coefficient (Wildman–Crippen LogP) is 0.933. The SMILES string of the molecule is Cn1cnnc1[C@@H]1CN(C(=O)COc2ccccc2F)CCO1. The van der Waals surface area contributed by atoms with Crippen molar-refractivity contribution in [3.8, 4) is 5.75 Å². The molecule has 0 spiro atoms. The van der Waals surface area contributed by atoms with Crippen molar-refractivity contribution in [2.45, 2.75) is 6.10 Å². The van der Waals surface area contributed by atoms with Crippen LogP contribution in [0.1, 0.15) is 11.9 Å². The molecule has 122 valence electrons. The summed E-state index contributed by atoms with van der Waals surface area (Å²) in [5, 5.41) is 7.82. The molecular weight excluding hydrogens is 303 g/mol. The second-order valence-electron chi connectivity index (χ2n) is 5.22. The number of aromatic nitrogens is 3. The van der Waals surface area contributed by atoms with E-state index in [-0.39, 0.29) is 24.4 Å². The second-order valence-corrected chi connectivity index (χ2v) is 5.22. The predicted molar refractivity (Wildman–Crippen MR) is 78.2 cm³/mol. The van der Waals surface area contributed by atoms with Gasteiger partial charge in [-0.15, -0.1) is 10.2 Å². The van der Waals surface area contributed by atoms with E-state index in [1.807, 2.05) is 7.05 Å². The number of hydrogen-bond donors (Lipinski definition) is 0. The molecule has 0 radical (unpaired) electrons. The van der Waals surface area contributed by atoms with Crippen LogP contribution in [0.15, 0.2) is 30.6 Å². The summed E-state index contributed by atoms with van der Waals surface area (Å²) >= 11 is 0. The minimum absolute atomic E-state index is 0.0685. The van der Waals surface area contributed by atoms with Crippen LogP contribution in [-0.2, 0) is 16.6 Å². The van der Waals surface area contributed by atoms with Gasteiger partial charge >= 0.3 is 0 Å². The lowest BCUT2D eigenvalue weighted by Gasteiger charge is -2.32. The molecule has 0 aliphatic carbocycles. The quantitative estimate of drug-likeness (QED) is 0.838. The largest absolute Gasteiger partial charge is 0.481 e. The molecule has 1 aromatic heterocycles. The zero-order valence-corrected chi connectivity index (χ0v) is 12.7. The van der Waals surface area contributed by atoms with Crippen molar-refractivity contribution in [1.29, 1.82) is 0 Å². The van der Waals surface area contributed by atoms with E-state index in [9.17, 15) is 9.18 Å². The van der Waals surface area contributed by atoms with Crippen molar-refractivity contribution in [2.75, 3.05) is 26.3 Å². The number of para-hydroxylation sites is 1. The Labute approximate surface area is 132 Å². The molecule has 2 aromatic rings. The monoisotopic (exact) mass is 320 g/mol. The third-order valence-electron chi connectivity index (χ3n) is 3.64. The number of amides is 1. The van der Waals surface area contributed by atoms with Crippen molar-refractivity contribution >= 4 is 5.91 Å². The smallest absolute Gasteiger partial charge is 0.260 e. The van der Waals surface area contributed by atoms with Crippen LogP contribution in [-0.4, -0.2) is 51.9 Å². The molecule has 1 aliphatic rings. The van der Waals surface area contributed by atoms with Crippen LogP contribution >= 0.6 is 0 Å². The van der Waals surface area contributed by atoms with Crippen LogP contribution in [0.5, 0.6) is 5.75 Å². The molecule has 0 N–H and O–H groups in total. The Balaban J connectivity index is 1.59. The molecular formula is C15H17FN4O3. The highest BCUT2D eigenvalue weighted by Crippen LogP contribution is 2.20. The fourth-order valence-corrected chi connectivity index (χ4v) is 2.41. The molecule has 2 heterocycles. The number of ether oxygens (including phenoxy) is 2. The van der Waals surface area contributed by atoms with E-state index in [2.05, 4.69) is 10.2 Å². The van der Waals surface area contributed by atoms with Gasteiger partial charge in [0.05, 0.1) is 13.2 Å². The molecule has 8 heteroatoms. The maximum Gasteiger partial charge on any atom is 0.260 e. The van der Waals surface area contributed by atoms with Crippen LogP contribution in [0.25, 0.3) is 0 Å². The van der Waals surface area contributed by atoms with Gasteiger partial charge in [-0.1, -0.05) is 12.1 Å². The summed E-state index contributed by atoms with van der Waals surface area (Å²) < 4.78 is 26.2. The van der Waals surface area contributed by atoms with Crippen LogP contribution < -0.4 is 4.74 Å². The van der Waals surface area contributed by atoms with E-state index in [1.165, 1.54) is 12.1 Å². The van der Waals surface area contributed by atoms with Crippen molar-refractivity contribution in [2.24, 2.45) is 7.05 Å². The number of carbonyl (C=O) groups excluding carboxylic acids is 1. The molecule has 1 saturated heterocycles. The molecule has 1 amide bonds. The first-order valence-electron chi connectivity index (χ1n) is 7.25. The molecule has 23 heavy (non-hydrogen) atoms. The summed E-state index contributed by atoms with van der Waals surface area (Å²) in [5.41, 5.74) is 0. The van der Waals surface area contributed by atoms with Gasteiger partial charge in [-0.3, -0.25) is 4.79 Å². The number of hydrogen-bond acceptors (Lipinski definition) is 5. The van der Waals surface area contributed by atoms with Crippen molar-refractivity contribution in [1.82, 2.24) is 19.7 Å². The van der Waals surface area contributed by atoms with Gasteiger partial charge in [0.2, 0.25) is 0 Å². The average molecular weight is 320 g/mol. The van der Waals surface area contributed by atoms with Gasteiger partial charge in [0, 0.05) is 13.6 Å². The summed E-state index contributed by atoms with van der Waals surface area (Å²) in [4.78, 5) is 13.9. The van der Waals surface area contributed by atoms with Crippen molar-refractivity contribution in [3.05, 3.63) is 42.2 Å². The highest BCUT2D eigenvalue weighted by molar-refractivity contribution is 5.77. The molecule has 1 aromatic carbocycles. The van der Waals surface area contributed by atoms with Crippen LogP contribution in [0.2, 0.25) is 0 Å². The van der Waals surface area contributed by atoms with Gasteiger partial charge in [0.1, 0.15) is 12.4 Å². The lowest BCUT2D eigenvalue weighted by atomic mass is 10.2. The number of aryl methyl sites for hydroxylation is 1. The maximum absolute atomic E-state index is 13.5. The topological polar surface area (TPSA) is 69.5 Å². The molecule has 7 nitrogen and oxygen atoms in total. The van der Waals surface area contributed by atoms with E-state index in [0.717, 1.165) is 0 Å². The molecule has 3 rings (SSSR count). The molecule has 0 unspecified atom stereocenters. The van der Waals surface area contributed by atoms with Crippen molar-refractivity contribution < 1.29 is 18.7 Å². The van der Waals surface area contributed by atoms with Gasteiger partial charge in [0.25, 0.3) is 5.91 Å². The summed E-state index contributed by atoms with van der Waals surface area (Å²) in [6.07, 6.45) is 1.26. The van der Waals surface area contributed by atoms with Crippen LogP contribution in [0.3, 0.4) is 0 Å². The van der Waals surface area contributed by atoms with Gasteiger partial charge in [-0.2, -0.15) is 0 Å².